The third-order valence-corrected chi connectivity index (χ3v) is 4.75. The zero-order valence-electron chi connectivity index (χ0n) is 11.2. The lowest BCUT2D eigenvalue weighted by atomic mass is 10.2. The van der Waals surface area contributed by atoms with Crippen molar-refractivity contribution in [3.63, 3.8) is 0 Å². The van der Waals surface area contributed by atoms with Gasteiger partial charge in [0.05, 0.1) is 11.3 Å². The third-order valence-electron chi connectivity index (χ3n) is 3.48. The minimum Gasteiger partial charge on any atom is -0.293 e. The van der Waals surface area contributed by atoms with Crippen molar-refractivity contribution in [2.45, 2.75) is 45.6 Å². The number of rotatable bonds is 4. The summed E-state index contributed by atoms with van der Waals surface area (Å²) in [6, 6.07) is 2.31. The molecule has 0 bridgehead atoms. The summed E-state index contributed by atoms with van der Waals surface area (Å²) in [5.41, 5.74) is 1.37. The first kappa shape index (κ1) is 12.5. The Hall–Kier alpha value is -1.49. The molecule has 3 rings (SSSR count). The van der Waals surface area contributed by atoms with Crippen LogP contribution in [-0.2, 0) is 19.3 Å². The number of hydrogen-bond acceptors (Lipinski definition) is 4. The number of aryl methyl sites for hydroxylation is 2. The Bertz CT molecular complexity index is 590. The molecule has 0 aliphatic heterocycles. The molecule has 0 aromatic carbocycles. The van der Waals surface area contributed by atoms with Crippen LogP contribution in [0.3, 0.4) is 0 Å². The number of fused-ring (bicyclic) bond motifs is 1. The second kappa shape index (κ2) is 4.89. The number of nitrogens with zero attached hydrogens (tertiary/aromatic N) is 3. The fraction of sp³-hybridized carbons (Fsp3) is 0.500. The number of thiophene rings is 1. The van der Waals surface area contributed by atoms with Gasteiger partial charge in [0.25, 0.3) is 0 Å². The molecule has 0 saturated carbocycles. The van der Waals surface area contributed by atoms with Crippen molar-refractivity contribution in [3.05, 3.63) is 33.5 Å². The van der Waals surface area contributed by atoms with Crippen LogP contribution < -0.4 is 0 Å². The zero-order valence-corrected chi connectivity index (χ0v) is 12.0. The molecule has 0 spiro atoms. The number of aromatic nitrogens is 3. The summed E-state index contributed by atoms with van der Waals surface area (Å²) in [6.07, 6.45) is 5.36. The topological polar surface area (TPSA) is 47.8 Å². The van der Waals surface area contributed by atoms with Crippen LogP contribution in [0, 0.1) is 0 Å². The van der Waals surface area contributed by atoms with Crippen LogP contribution in [-0.4, -0.2) is 20.5 Å². The van der Waals surface area contributed by atoms with E-state index in [0.29, 0.717) is 6.42 Å². The first-order valence-electron chi connectivity index (χ1n) is 6.68. The van der Waals surface area contributed by atoms with Gasteiger partial charge in [-0.1, -0.05) is 0 Å². The molecule has 2 aromatic rings. The number of hydrogen-bond donors (Lipinski definition) is 0. The Morgan fingerprint density at radius 3 is 3.05 bits per heavy atom. The van der Waals surface area contributed by atoms with Crippen LogP contribution in [0.15, 0.2) is 12.4 Å². The van der Waals surface area contributed by atoms with Gasteiger partial charge in [0, 0.05) is 10.9 Å². The summed E-state index contributed by atoms with van der Waals surface area (Å²) < 4.78 is 1.82. The van der Waals surface area contributed by atoms with Gasteiger partial charge in [0.1, 0.15) is 12.2 Å². The van der Waals surface area contributed by atoms with Gasteiger partial charge in [0.2, 0.25) is 0 Å². The third kappa shape index (κ3) is 2.34. The quantitative estimate of drug-likeness (QED) is 0.806. The van der Waals surface area contributed by atoms with Gasteiger partial charge in [-0.15, -0.1) is 11.3 Å². The lowest BCUT2D eigenvalue weighted by molar-refractivity contribution is 0.0993. The first-order chi connectivity index (χ1) is 9.15. The molecular formula is C14H17N3OS. The van der Waals surface area contributed by atoms with Crippen LogP contribution in [0.1, 0.15) is 52.2 Å². The molecule has 2 heterocycles. The van der Waals surface area contributed by atoms with Crippen LogP contribution >= 0.6 is 11.3 Å². The molecular weight excluding hydrogens is 258 g/mol. The summed E-state index contributed by atoms with van der Waals surface area (Å²) in [5, 5.41) is 4.17. The highest BCUT2D eigenvalue weighted by atomic mass is 32.1. The van der Waals surface area contributed by atoms with E-state index >= 15 is 0 Å². The summed E-state index contributed by atoms with van der Waals surface area (Å²) in [4.78, 5) is 18.8. The van der Waals surface area contributed by atoms with E-state index < -0.39 is 0 Å². The predicted molar refractivity (Wildman–Crippen MR) is 74.8 cm³/mol. The van der Waals surface area contributed by atoms with Crippen molar-refractivity contribution in [2.75, 3.05) is 0 Å². The van der Waals surface area contributed by atoms with Crippen molar-refractivity contribution in [1.82, 2.24) is 14.8 Å². The SMILES string of the molecule is CC(C)n1ncnc1CC(=O)c1cc2c(s1)CCC2. The molecule has 1 aliphatic rings. The minimum atomic E-state index is 0.161. The molecule has 2 aromatic heterocycles. The van der Waals surface area contributed by atoms with Crippen LogP contribution in [0.5, 0.6) is 0 Å². The van der Waals surface area contributed by atoms with E-state index in [-0.39, 0.29) is 11.8 Å². The van der Waals surface area contributed by atoms with Crippen molar-refractivity contribution < 1.29 is 4.79 Å². The van der Waals surface area contributed by atoms with Crippen LogP contribution in [0.4, 0.5) is 0 Å². The van der Waals surface area contributed by atoms with Crippen molar-refractivity contribution >= 4 is 17.1 Å². The summed E-state index contributed by atoms with van der Waals surface area (Å²) >= 11 is 1.66. The molecule has 5 heteroatoms. The second-order valence-electron chi connectivity index (χ2n) is 5.23. The Morgan fingerprint density at radius 1 is 1.47 bits per heavy atom. The first-order valence-corrected chi connectivity index (χ1v) is 7.50. The predicted octanol–water partition coefficient (Wildman–Crippen LogP) is 2.83. The maximum absolute atomic E-state index is 12.3. The zero-order chi connectivity index (χ0) is 13.4. The molecule has 0 radical (unpaired) electrons. The number of carbonyl (C=O) groups is 1. The average molecular weight is 275 g/mol. The molecule has 19 heavy (non-hydrogen) atoms. The molecule has 0 atom stereocenters. The van der Waals surface area contributed by atoms with Crippen LogP contribution in [0.25, 0.3) is 0 Å². The van der Waals surface area contributed by atoms with E-state index in [4.69, 9.17) is 0 Å². The van der Waals surface area contributed by atoms with E-state index in [1.54, 1.807) is 11.3 Å². The lowest BCUT2D eigenvalue weighted by Gasteiger charge is -2.08. The Balaban J connectivity index is 1.79. The number of ketones is 1. The monoisotopic (exact) mass is 275 g/mol. The Labute approximate surface area is 116 Å². The van der Waals surface area contributed by atoms with Gasteiger partial charge >= 0.3 is 0 Å². The average Bonchev–Trinajstić information content (AvgIpc) is 3.01. The van der Waals surface area contributed by atoms with Gasteiger partial charge in [-0.3, -0.25) is 4.79 Å². The Morgan fingerprint density at radius 2 is 2.32 bits per heavy atom. The molecule has 0 saturated heterocycles. The molecule has 0 amide bonds. The normalized spacial score (nSPS) is 14.1. The minimum absolute atomic E-state index is 0.161. The molecule has 0 fully saturated rings. The summed E-state index contributed by atoms with van der Waals surface area (Å²) in [6.45, 7) is 4.09. The highest BCUT2D eigenvalue weighted by Crippen LogP contribution is 2.31. The van der Waals surface area contributed by atoms with E-state index in [2.05, 4.69) is 16.1 Å². The van der Waals surface area contributed by atoms with E-state index in [1.807, 2.05) is 18.5 Å². The summed E-state index contributed by atoms with van der Waals surface area (Å²) in [5.74, 6) is 0.919. The Kier molecular flexibility index (Phi) is 3.22. The number of Topliss-reactive ketones (excluding diaryl/α,β-unsaturated/α-hetero) is 1. The second-order valence-corrected chi connectivity index (χ2v) is 6.36. The maximum Gasteiger partial charge on any atom is 0.180 e. The maximum atomic E-state index is 12.3. The van der Waals surface area contributed by atoms with Gasteiger partial charge in [-0.05, 0) is 44.7 Å². The molecule has 0 N–H and O–H groups in total. The van der Waals surface area contributed by atoms with E-state index in [0.717, 1.165) is 23.5 Å². The lowest BCUT2D eigenvalue weighted by Crippen LogP contribution is -2.12. The molecule has 1 aliphatic carbocycles. The van der Waals surface area contributed by atoms with Crippen molar-refractivity contribution in [3.8, 4) is 0 Å². The largest absolute Gasteiger partial charge is 0.293 e. The fourth-order valence-corrected chi connectivity index (χ4v) is 3.72. The van der Waals surface area contributed by atoms with Gasteiger partial charge in [0.15, 0.2) is 5.78 Å². The highest BCUT2D eigenvalue weighted by Gasteiger charge is 2.20. The van der Waals surface area contributed by atoms with Gasteiger partial charge in [-0.2, -0.15) is 5.10 Å². The smallest absolute Gasteiger partial charge is 0.180 e. The fourth-order valence-electron chi connectivity index (χ4n) is 2.53. The molecule has 4 nitrogen and oxygen atoms in total. The van der Waals surface area contributed by atoms with Gasteiger partial charge in [-0.25, -0.2) is 9.67 Å². The van der Waals surface area contributed by atoms with Crippen molar-refractivity contribution in [2.24, 2.45) is 0 Å². The van der Waals surface area contributed by atoms with E-state index in [1.165, 1.54) is 23.2 Å². The van der Waals surface area contributed by atoms with E-state index in [9.17, 15) is 4.79 Å². The number of carbonyl (C=O) groups excluding carboxylic acids is 1. The van der Waals surface area contributed by atoms with Gasteiger partial charge < -0.3 is 0 Å². The van der Waals surface area contributed by atoms with Crippen molar-refractivity contribution in [1.29, 1.82) is 0 Å². The molecule has 0 unspecified atom stereocenters. The standard InChI is InChI=1S/C14H17N3OS/c1-9(2)17-14(15-8-16-17)7-11(18)13-6-10-4-3-5-12(10)19-13/h6,8-9H,3-5,7H2,1-2H3. The highest BCUT2D eigenvalue weighted by molar-refractivity contribution is 7.14. The summed E-state index contributed by atoms with van der Waals surface area (Å²) in [7, 11) is 0. The molecule has 100 valence electrons. The van der Waals surface area contributed by atoms with Crippen LogP contribution in [0.2, 0.25) is 0 Å².